The van der Waals surface area contributed by atoms with Gasteiger partial charge in [0.25, 0.3) is 0 Å². The minimum atomic E-state index is 1.10. The predicted molar refractivity (Wildman–Crippen MR) is 25.5 cm³/mol. The summed E-state index contributed by atoms with van der Waals surface area (Å²) in [6, 6.07) is 0. The molecule has 0 aromatic carbocycles. The fraction of sp³-hybridized carbons (Fsp3) is 0. The molecule has 0 spiro atoms. The second-order valence-electron chi connectivity index (χ2n) is 0.192. The molecule has 1 nitrogen and oxygen atoms in total. The van der Waals surface area contributed by atoms with Crippen molar-refractivity contribution < 1.29 is 0 Å². The zero-order valence-electron chi connectivity index (χ0n) is 1.58. The minimum absolute atomic E-state index is 1.10. The number of nitrogens with zero attached hydrogens (tertiary/aromatic N) is 1. The SMILES string of the molecule is ClN(Br)Br. The van der Waals surface area contributed by atoms with Gasteiger partial charge in [0.05, 0.1) is 0 Å². The van der Waals surface area contributed by atoms with Gasteiger partial charge >= 0.3 is 0 Å². The van der Waals surface area contributed by atoms with Crippen LogP contribution in [0.25, 0.3) is 0 Å². The molecular formula is Br2ClN. The molecule has 0 aliphatic carbocycles. The summed E-state index contributed by atoms with van der Waals surface area (Å²) in [6.45, 7) is 0. The highest BCUT2D eigenvalue weighted by molar-refractivity contribution is 9.21. The predicted octanol–water partition coefficient (Wildman–Crippen LogP) is 2.06. The molecule has 0 aliphatic heterocycles. The van der Waals surface area contributed by atoms with Crippen molar-refractivity contribution in [3.05, 3.63) is 0 Å². The summed E-state index contributed by atoms with van der Waals surface area (Å²) in [5.74, 6) is 0. The topological polar surface area (TPSA) is 3.24 Å². The third-order valence-corrected chi connectivity index (χ3v) is 0. The van der Waals surface area contributed by atoms with Gasteiger partial charge in [0.15, 0.2) is 0 Å². The van der Waals surface area contributed by atoms with Crippen LogP contribution in [0.2, 0.25) is 0 Å². The van der Waals surface area contributed by atoms with E-state index in [0.29, 0.717) is 0 Å². The standard InChI is InChI=1S/Br2ClN/c1-4(2)3. The Balaban J connectivity index is 2.32. The zero-order chi connectivity index (χ0) is 3.58. The van der Waals surface area contributed by atoms with E-state index in [0.717, 1.165) is 2.47 Å². The van der Waals surface area contributed by atoms with Crippen molar-refractivity contribution in [1.29, 1.82) is 0 Å². The van der Waals surface area contributed by atoms with Gasteiger partial charge in [-0.05, 0) is 0 Å². The first kappa shape index (κ1) is 5.21. The van der Waals surface area contributed by atoms with Crippen molar-refractivity contribution in [2.24, 2.45) is 0 Å². The van der Waals surface area contributed by atoms with E-state index in [2.05, 4.69) is 32.3 Å². The third kappa shape index (κ3) is 10.7. The third-order valence-electron chi connectivity index (χ3n) is 0. The van der Waals surface area contributed by atoms with E-state index in [1.807, 2.05) is 0 Å². The van der Waals surface area contributed by atoms with E-state index in [4.69, 9.17) is 11.8 Å². The molecule has 0 fully saturated rings. The molecule has 0 aromatic rings. The molecular weight excluding hydrogens is 209 g/mol. The molecule has 26 valence electrons. The number of halogens is 3. The molecule has 4 heavy (non-hydrogen) atoms. The summed E-state index contributed by atoms with van der Waals surface area (Å²) >= 11 is 10.5. The van der Waals surface area contributed by atoms with Crippen LogP contribution in [0.15, 0.2) is 0 Å². The Morgan fingerprint density at radius 1 is 1.50 bits per heavy atom. The molecule has 0 aliphatic rings. The zero-order valence-corrected chi connectivity index (χ0v) is 5.51. The average Bonchev–Trinajstić information content (AvgIpc) is 0.811. The van der Waals surface area contributed by atoms with Crippen LogP contribution in [-0.4, -0.2) is 2.47 Å². The van der Waals surface area contributed by atoms with Crippen LogP contribution in [0, 0.1) is 0 Å². The molecule has 0 saturated heterocycles. The number of rotatable bonds is 0. The Bertz CT molecular complexity index is 10.8. The molecule has 4 heteroatoms. The van der Waals surface area contributed by atoms with Gasteiger partial charge in [-0.25, -0.2) is 0 Å². The lowest BCUT2D eigenvalue weighted by Crippen LogP contribution is -1.58. The summed E-state index contributed by atoms with van der Waals surface area (Å²) in [6.07, 6.45) is 0. The van der Waals surface area contributed by atoms with Crippen LogP contribution in [0.5, 0.6) is 0 Å². The first-order chi connectivity index (χ1) is 1.73. The summed E-state index contributed by atoms with van der Waals surface area (Å²) in [5, 5.41) is 0. The van der Waals surface area contributed by atoms with Gasteiger partial charge in [0.1, 0.15) is 0 Å². The highest BCUT2D eigenvalue weighted by Crippen LogP contribution is 2.06. The van der Waals surface area contributed by atoms with E-state index in [-0.39, 0.29) is 0 Å². The number of hydrogen-bond donors (Lipinski definition) is 0. The maximum Gasteiger partial charge on any atom is 0.0422 e. The van der Waals surface area contributed by atoms with Crippen molar-refractivity contribution in [2.75, 3.05) is 0 Å². The van der Waals surface area contributed by atoms with Crippen LogP contribution >= 0.6 is 44.1 Å². The normalized spacial score (nSPS) is 9.00. The van der Waals surface area contributed by atoms with Crippen LogP contribution in [0.4, 0.5) is 0 Å². The van der Waals surface area contributed by atoms with E-state index in [1.165, 1.54) is 0 Å². The fourth-order valence-corrected chi connectivity index (χ4v) is 0. The molecule has 0 unspecified atom stereocenters. The van der Waals surface area contributed by atoms with Gasteiger partial charge in [-0.2, -0.15) is 0 Å². The average molecular weight is 209 g/mol. The monoisotopic (exact) mass is 207 g/mol. The van der Waals surface area contributed by atoms with Crippen molar-refractivity contribution in [1.82, 2.24) is 2.47 Å². The van der Waals surface area contributed by atoms with Crippen molar-refractivity contribution in [2.45, 2.75) is 0 Å². The highest BCUT2D eigenvalue weighted by Gasteiger charge is 1.71. The Kier molecular flexibility index (Phi) is 3.19. The Morgan fingerprint density at radius 3 is 1.50 bits per heavy atom. The second-order valence-corrected chi connectivity index (χ2v) is 3.72. The van der Waals surface area contributed by atoms with Crippen molar-refractivity contribution in [3.8, 4) is 0 Å². The molecule has 0 heterocycles. The minimum Gasteiger partial charge on any atom is -0.0867 e. The second kappa shape index (κ2) is 2.45. The summed E-state index contributed by atoms with van der Waals surface area (Å²) in [7, 11) is 0. The Morgan fingerprint density at radius 2 is 1.50 bits per heavy atom. The van der Waals surface area contributed by atoms with Crippen molar-refractivity contribution in [3.63, 3.8) is 0 Å². The van der Waals surface area contributed by atoms with Crippen LogP contribution < -0.4 is 0 Å². The Hall–Kier alpha value is 1.21. The van der Waals surface area contributed by atoms with Gasteiger partial charge in [0.2, 0.25) is 0 Å². The Labute approximate surface area is 46.7 Å². The van der Waals surface area contributed by atoms with Crippen molar-refractivity contribution >= 4 is 44.1 Å². The van der Waals surface area contributed by atoms with E-state index >= 15 is 0 Å². The molecule has 0 radical (unpaired) electrons. The van der Waals surface area contributed by atoms with Gasteiger partial charge < -0.3 is 0 Å². The summed E-state index contributed by atoms with van der Waals surface area (Å²) in [5.41, 5.74) is 0. The van der Waals surface area contributed by atoms with E-state index in [9.17, 15) is 0 Å². The van der Waals surface area contributed by atoms with Gasteiger partial charge in [-0.3, -0.25) is 0 Å². The first-order valence-electron chi connectivity index (χ1n) is 0.507. The largest absolute Gasteiger partial charge is 0.0867 e. The summed E-state index contributed by atoms with van der Waals surface area (Å²) in [4.78, 5) is 0. The summed E-state index contributed by atoms with van der Waals surface area (Å²) < 4.78 is 1.10. The molecule has 0 amide bonds. The van der Waals surface area contributed by atoms with Gasteiger partial charge in [0, 0.05) is 44.1 Å². The van der Waals surface area contributed by atoms with Crippen LogP contribution in [0.1, 0.15) is 0 Å². The maximum absolute atomic E-state index is 4.94. The molecule has 0 bridgehead atoms. The smallest absolute Gasteiger partial charge is 0.0422 e. The molecule has 0 rings (SSSR count). The van der Waals surface area contributed by atoms with E-state index < -0.39 is 0 Å². The molecule has 0 saturated carbocycles. The van der Waals surface area contributed by atoms with Gasteiger partial charge in [-0.1, -0.05) is 2.47 Å². The molecule has 0 aromatic heterocycles. The molecule has 0 N–H and O–H groups in total. The highest BCUT2D eigenvalue weighted by atomic mass is 79.9. The van der Waals surface area contributed by atoms with Crippen LogP contribution in [-0.2, 0) is 0 Å². The first-order valence-corrected chi connectivity index (χ1v) is 2.26. The van der Waals surface area contributed by atoms with Crippen LogP contribution in [0.3, 0.4) is 0 Å². The lowest BCUT2D eigenvalue weighted by atomic mass is 13.9. The molecule has 0 atom stereocenters. The number of hydrogen-bond acceptors (Lipinski definition) is 1. The lowest BCUT2D eigenvalue weighted by molar-refractivity contribution is 1.35. The fourth-order valence-electron chi connectivity index (χ4n) is 0. The maximum atomic E-state index is 4.94. The lowest BCUT2D eigenvalue weighted by Gasteiger charge is -1.76. The quantitative estimate of drug-likeness (QED) is 0.552. The van der Waals surface area contributed by atoms with E-state index in [1.54, 1.807) is 0 Å². The van der Waals surface area contributed by atoms with Gasteiger partial charge in [-0.15, -0.1) is 0 Å².